The van der Waals surface area contributed by atoms with Gasteiger partial charge in [0.15, 0.2) is 0 Å². The van der Waals surface area contributed by atoms with Crippen LogP contribution in [0.25, 0.3) is 0 Å². The Hall–Kier alpha value is -2.87. The Morgan fingerprint density at radius 3 is 1.84 bits per heavy atom. The van der Waals surface area contributed by atoms with Gasteiger partial charge in [0.25, 0.3) is 0 Å². The second-order valence-corrected chi connectivity index (χ2v) is 7.78. The minimum Gasteiger partial charge on any atom is -0.481 e. The van der Waals surface area contributed by atoms with Gasteiger partial charge in [-0.15, -0.1) is 0 Å². The zero-order chi connectivity index (χ0) is 25.0. The molecule has 0 saturated heterocycles. The predicted octanol–water partition coefficient (Wildman–Crippen LogP) is -2.43. The number of carboxylic acids is 2. The standard InChI is InChI=1S/C18H31N5O8S/c1-8(2)14(23-15(27)9(19)3-5-12(20)24)17(29)21-10(4-6-13(25)26)16(28)22-11(7-32)18(30)31/h8-11,14,32H,3-7,19H2,1-2H3,(H2,20,24)(H,21,29)(H,22,28)(H,23,27)(H,25,26)(H,30,31). The second-order valence-electron chi connectivity index (χ2n) is 7.42. The molecule has 4 amide bonds. The summed E-state index contributed by atoms with van der Waals surface area (Å²) in [5.74, 6) is -6.31. The van der Waals surface area contributed by atoms with Crippen molar-refractivity contribution in [1.29, 1.82) is 0 Å². The van der Waals surface area contributed by atoms with Gasteiger partial charge in [0.05, 0.1) is 6.04 Å². The highest BCUT2D eigenvalue weighted by atomic mass is 32.1. The molecule has 32 heavy (non-hydrogen) atoms. The van der Waals surface area contributed by atoms with E-state index in [0.29, 0.717) is 0 Å². The number of primary amides is 1. The lowest BCUT2D eigenvalue weighted by molar-refractivity contribution is -0.142. The molecule has 14 heteroatoms. The van der Waals surface area contributed by atoms with Crippen molar-refractivity contribution in [2.45, 2.75) is 63.7 Å². The lowest BCUT2D eigenvalue weighted by Gasteiger charge is -2.26. The van der Waals surface area contributed by atoms with Crippen molar-refractivity contribution < 1.29 is 39.0 Å². The molecule has 0 aromatic rings. The molecule has 0 spiro atoms. The van der Waals surface area contributed by atoms with Gasteiger partial charge in [-0.3, -0.25) is 24.0 Å². The van der Waals surface area contributed by atoms with E-state index in [1.54, 1.807) is 13.8 Å². The van der Waals surface area contributed by atoms with Crippen LogP contribution in [-0.2, 0) is 28.8 Å². The van der Waals surface area contributed by atoms with Gasteiger partial charge in [0.1, 0.15) is 18.1 Å². The Labute approximate surface area is 190 Å². The van der Waals surface area contributed by atoms with Crippen molar-refractivity contribution in [3.8, 4) is 0 Å². The van der Waals surface area contributed by atoms with E-state index in [-0.39, 0.29) is 25.0 Å². The van der Waals surface area contributed by atoms with Crippen LogP contribution in [0.1, 0.15) is 39.5 Å². The Morgan fingerprint density at radius 2 is 1.41 bits per heavy atom. The Bertz CT molecular complexity index is 717. The van der Waals surface area contributed by atoms with E-state index in [0.717, 1.165) is 0 Å². The van der Waals surface area contributed by atoms with Gasteiger partial charge >= 0.3 is 11.9 Å². The molecule has 0 aromatic heterocycles. The van der Waals surface area contributed by atoms with E-state index >= 15 is 0 Å². The van der Waals surface area contributed by atoms with Crippen LogP contribution in [-0.4, -0.2) is 75.7 Å². The van der Waals surface area contributed by atoms with Crippen LogP contribution in [0.2, 0.25) is 0 Å². The fourth-order valence-corrected chi connectivity index (χ4v) is 2.73. The number of nitrogens with two attached hydrogens (primary N) is 2. The molecule has 0 rings (SSSR count). The number of carboxylic acid groups (broad SMARTS) is 2. The normalized spacial score (nSPS) is 14.5. The number of carbonyl (C=O) groups is 6. The minimum atomic E-state index is -1.37. The summed E-state index contributed by atoms with van der Waals surface area (Å²) in [6, 6.07) is -4.96. The van der Waals surface area contributed by atoms with Crippen LogP contribution in [0.15, 0.2) is 0 Å². The fraction of sp³-hybridized carbons (Fsp3) is 0.667. The van der Waals surface area contributed by atoms with E-state index in [2.05, 4.69) is 28.6 Å². The van der Waals surface area contributed by atoms with Crippen LogP contribution in [0.4, 0.5) is 0 Å². The maximum atomic E-state index is 12.8. The lowest BCUT2D eigenvalue weighted by Crippen LogP contribution is -2.58. The van der Waals surface area contributed by atoms with Crippen LogP contribution in [0.5, 0.6) is 0 Å². The monoisotopic (exact) mass is 477 g/mol. The third-order valence-electron chi connectivity index (χ3n) is 4.36. The summed E-state index contributed by atoms with van der Waals surface area (Å²) in [5.41, 5.74) is 10.7. The highest BCUT2D eigenvalue weighted by molar-refractivity contribution is 7.80. The van der Waals surface area contributed by atoms with Crippen molar-refractivity contribution in [2.75, 3.05) is 5.75 Å². The minimum absolute atomic E-state index is 0.0302. The molecular formula is C18H31N5O8S. The molecule has 0 aliphatic heterocycles. The molecule has 0 fully saturated rings. The van der Waals surface area contributed by atoms with E-state index in [9.17, 15) is 28.8 Å². The zero-order valence-electron chi connectivity index (χ0n) is 17.9. The largest absolute Gasteiger partial charge is 0.481 e. The molecule has 4 atom stereocenters. The van der Waals surface area contributed by atoms with E-state index in [4.69, 9.17) is 21.7 Å². The number of rotatable bonds is 15. The number of nitrogens with one attached hydrogen (secondary N) is 3. The summed E-state index contributed by atoms with van der Waals surface area (Å²) < 4.78 is 0. The average Bonchev–Trinajstić information content (AvgIpc) is 2.69. The topological polar surface area (TPSA) is 231 Å². The molecular weight excluding hydrogens is 446 g/mol. The molecule has 0 aromatic carbocycles. The second kappa shape index (κ2) is 14.2. The van der Waals surface area contributed by atoms with Gasteiger partial charge in [0, 0.05) is 18.6 Å². The summed E-state index contributed by atoms with van der Waals surface area (Å²) in [4.78, 5) is 70.4. The lowest BCUT2D eigenvalue weighted by atomic mass is 10.0. The third-order valence-corrected chi connectivity index (χ3v) is 4.73. The fourth-order valence-electron chi connectivity index (χ4n) is 2.48. The van der Waals surface area contributed by atoms with Crippen molar-refractivity contribution in [3.63, 3.8) is 0 Å². The number of carbonyl (C=O) groups excluding carboxylic acids is 4. The van der Waals surface area contributed by atoms with E-state index in [1.807, 2.05) is 0 Å². The first kappa shape index (κ1) is 29.1. The van der Waals surface area contributed by atoms with Crippen molar-refractivity contribution >= 4 is 48.2 Å². The number of hydrogen-bond donors (Lipinski definition) is 8. The summed E-state index contributed by atoms with van der Waals surface area (Å²) in [6.07, 6.45) is -0.950. The molecule has 0 saturated carbocycles. The summed E-state index contributed by atoms with van der Waals surface area (Å²) >= 11 is 3.83. The molecule has 4 unspecified atom stereocenters. The van der Waals surface area contributed by atoms with E-state index in [1.165, 1.54) is 0 Å². The van der Waals surface area contributed by atoms with Gasteiger partial charge in [-0.2, -0.15) is 12.6 Å². The molecule has 0 aliphatic rings. The van der Waals surface area contributed by atoms with Gasteiger partial charge in [0.2, 0.25) is 23.6 Å². The van der Waals surface area contributed by atoms with Gasteiger partial charge in [-0.05, 0) is 18.8 Å². The van der Waals surface area contributed by atoms with Crippen LogP contribution < -0.4 is 27.4 Å². The number of thiol groups is 1. The molecule has 13 nitrogen and oxygen atoms in total. The molecule has 182 valence electrons. The highest BCUT2D eigenvalue weighted by Gasteiger charge is 2.31. The van der Waals surface area contributed by atoms with Crippen LogP contribution in [0.3, 0.4) is 0 Å². The number of hydrogen-bond acceptors (Lipinski definition) is 8. The first-order valence-electron chi connectivity index (χ1n) is 9.80. The maximum absolute atomic E-state index is 12.8. The maximum Gasteiger partial charge on any atom is 0.327 e. The van der Waals surface area contributed by atoms with Crippen LogP contribution >= 0.6 is 12.6 Å². The van der Waals surface area contributed by atoms with E-state index < -0.39 is 72.1 Å². The Kier molecular flexibility index (Phi) is 13.0. The van der Waals surface area contributed by atoms with Crippen molar-refractivity contribution in [1.82, 2.24) is 16.0 Å². The van der Waals surface area contributed by atoms with Gasteiger partial charge in [-0.25, -0.2) is 4.79 Å². The first-order chi connectivity index (χ1) is 14.8. The summed E-state index contributed by atoms with van der Waals surface area (Å²) in [5, 5.41) is 24.9. The SMILES string of the molecule is CC(C)C(NC(=O)C(N)CCC(N)=O)C(=O)NC(CCC(=O)O)C(=O)NC(CS)C(=O)O. The van der Waals surface area contributed by atoms with Gasteiger partial charge < -0.3 is 37.6 Å². The molecule has 0 aliphatic carbocycles. The highest BCUT2D eigenvalue weighted by Crippen LogP contribution is 2.07. The average molecular weight is 478 g/mol. The molecule has 0 heterocycles. The Balaban J connectivity index is 5.37. The molecule has 9 N–H and O–H groups in total. The Morgan fingerprint density at radius 1 is 0.844 bits per heavy atom. The number of amides is 4. The van der Waals surface area contributed by atoms with Gasteiger partial charge in [-0.1, -0.05) is 13.8 Å². The van der Waals surface area contributed by atoms with Crippen LogP contribution in [0, 0.1) is 5.92 Å². The summed E-state index contributed by atoms with van der Waals surface area (Å²) in [6.45, 7) is 3.24. The van der Waals surface area contributed by atoms with Crippen molar-refractivity contribution in [2.24, 2.45) is 17.4 Å². The first-order valence-corrected chi connectivity index (χ1v) is 10.4. The van der Waals surface area contributed by atoms with Crippen molar-refractivity contribution in [3.05, 3.63) is 0 Å². The predicted molar refractivity (Wildman–Crippen MR) is 115 cm³/mol. The smallest absolute Gasteiger partial charge is 0.327 e. The quantitative estimate of drug-likeness (QED) is 0.117. The zero-order valence-corrected chi connectivity index (χ0v) is 18.8. The number of aliphatic carboxylic acids is 2. The molecule has 0 radical (unpaired) electrons. The molecule has 0 bridgehead atoms. The third kappa shape index (κ3) is 10.9. The summed E-state index contributed by atoms with van der Waals surface area (Å²) in [7, 11) is 0.